The van der Waals surface area contributed by atoms with E-state index < -0.39 is 59.1 Å². The summed E-state index contributed by atoms with van der Waals surface area (Å²) in [5.74, 6) is -2.07. The Balaban J connectivity index is 1.64. The van der Waals surface area contributed by atoms with Crippen molar-refractivity contribution in [3.05, 3.63) is 0 Å². The van der Waals surface area contributed by atoms with Crippen LogP contribution >= 0.6 is 0 Å². The quantitative estimate of drug-likeness (QED) is 0.566. The Labute approximate surface area is 162 Å². The van der Waals surface area contributed by atoms with Crippen LogP contribution in [0.1, 0.15) is 40.5 Å². The van der Waals surface area contributed by atoms with Gasteiger partial charge in [-0.15, -0.1) is 0 Å². The van der Waals surface area contributed by atoms with Crippen LogP contribution in [-0.4, -0.2) is 58.6 Å². The number of esters is 2. The highest BCUT2D eigenvalue weighted by Crippen LogP contribution is 2.84. The number of fused-ring (bicyclic) bond motifs is 1. The lowest BCUT2D eigenvalue weighted by molar-refractivity contribution is -0.206. The molecule has 0 amide bonds. The molecule has 0 bridgehead atoms. The molecule has 2 saturated carbocycles. The third-order valence-electron chi connectivity index (χ3n) is 8.91. The van der Waals surface area contributed by atoms with Crippen LogP contribution in [0.15, 0.2) is 0 Å². The monoisotopic (exact) mass is 394 g/mol. The number of aliphatic hydroxyl groups is 2. The summed E-state index contributed by atoms with van der Waals surface area (Å²) in [6.45, 7) is 8.04. The van der Waals surface area contributed by atoms with Crippen molar-refractivity contribution in [1.29, 1.82) is 0 Å². The number of ether oxygens (including phenoxy) is 4. The molecule has 6 fully saturated rings. The average Bonchev–Trinajstić information content (AvgIpc) is 3.30. The first kappa shape index (κ1) is 17.6. The van der Waals surface area contributed by atoms with Crippen LogP contribution in [0.5, 0.6) is 0 Å². The lowest BCUT2D eigenvalue weighted by Crippen LogP contribution is -2.59. The molecule has 8 nitrogen and oxygen atoms in total. The number of carbonyl (C=O) groups is 2. The molecule has 4 heterocycles. The van der Waals surface area contributed by atoms with Crippen LogP contribution in [0.4, 0.5) is 0 Å². The Morgan fingerprint density at radius 3 is 2.54 bits per heavy atom. The number of aliphatic hydroxyl groups excluding tert-OH is 2. The summed E-state index contributed by atoms with van der Waals surface area (Å²) >= 11 is 0. The second kappa shape index (κ2) is 4.58. The third kappa shape index (κ3) is 1.38. The minimum Gasteiger partial charge on any atom is -0.459 e. The average molecular weight is 394 g/mol. The van der Waals surface area contributed by atoms with Crippen LogP contribution < -0.4 is 0 Å². The van der Waals surface area contributed by atoms with E-state index in [0.29, 0.717) is 12.8 Å². The first-order valence-electron chi connectivity index (χ1n) is 10.1. The summed E-state index contributed by atoms with van der Waals surface area (Å²) in [7, 11) is 0. The van der Waals surface area contributed by atoms with Crippen LogP contribution in [0.3, 0.4) is 0 Å². The number of rotatable bonds is 0. The molecule has 4 saturated heterocycles. The van der Waals surface area contributed by atoms with E-state index in [-0.39, 0.29) is 23.4 Å². The molecule has 11 atom stereocenters. The zero-order valence-electron chi connectivity index (χ0n) is 16.4. The molecule has 6 aliphatic rings. The molecule has 0 radical (unpaired) electrons. The van der Waals surface area contributed by atoms with Crippen molar-refractivity contribution >= 4 is 11.9 Å². The summed E-state index contributed by atoms with van der Waals surface area (Å²) < 4.78 is 23.6. The summed E-state index contributed by atoms with van der Waals surface area (Å²) in [5, 5.41) is 21.5. The molecule has 154 valence electrons. The van der Waals surface area contributed by atoms with Gasteiger partial charge in [0.15, 0.2) is 18.0 Å². The van der Waals surface area contributed by atoms with Crippen molar-refractivity contribution in [3.63, 3.8) is 0 Å². The number of hydrogen-bond donors (Lipinski definition) is 2. The SMILES string of the molecule is C[C@@H]1C(O)OC2CC34C5C[C@@H](C(C)(C)C)C36C(OC(=O)[C@@H]6O)OC4(C(=O)O5)C21. The van der Waals surface area contributed by atoms with E-state index >= 15 is 0 Å². The molecule has 2 spiro atoms. The molecule has 6 rings (SSSR count). The van der Waals surface area contributed by atoms with Crippen molar-refractivity contribution in [2.75, 3.05) is 0 Å². The van der Waals surface area contributed by atoms with Gasteiger partial charge < -0.3 is 29.2 Å². The predicted molar refractivity (Wildman–Crippen MR) is 90.2 cm³/mol. The first-order valence-corrected chi connectivity index (χ1v) is 10.1. The highest BCUT2D eigenvalue weighted by atomic mass is 16.7. The van der Waals surface area contributed by atoms with Crippen LogP contribution in [-0.2, 0) is 28.5 Å². The van der Waals surface area contributed by atoms with E-state index in [0.717, 1.165) is 0 Å². The normalized spacial score (nSPS) is 61.1. The topological polar surface area (TPSA) is 112 Å². The molecule has 2 aliphatic carbocycles. The van der Waals surface area contributed by atoms with Crippen molar-refractivity contribution in [1.82, 2.24) is 0 Å². The molecule has 0 aromatic rings. The third-order valence-corrected chi connectivity index (χ3v) is 8.91. The molecule has 8 unspecified atom stereocenters. The van der Waals surface area contributed by atoms with Gasteiger partial charge in [-0.1, -0.05) is 27.7 Å². The fourth-order valence-electron chi connectivity index (χ4n) is 8.22. The molecule has 4 aliphatic heterocycles. The summed E-state index contributed by atoms with van der Waals surface area (Å²) in [6, 6.07) is 0. The van der Waals surface area contributed by atoms with Gasteiger partial charge in [-0.05, 0) is 24.2 Å². The Kier molecular flexibility index (Phi) is 2.88. The van der Waals surface area contributed by atoms with Crippen molar-refractivity contribution in [3.8, 4) is 0 Å². The molecular weight excluding hydrogens is 368 g/mol. The van der Waals surface area contributed by atoms with Crippen LogP contribution in [0.25, 0.3) is 0 Å². The molecular formula is C20H26O8. The molecule has 0 aromatic carbocycles. The fraction of sp³-hybridized carbons (Fsp3) is 0.900. The van der Waals surface area contributed by atoms with Gasteiger partial charge in [0, 0.05) is 11.8 Å². The number of carbonyl (C=O) groups excluding carboxylic acids is 2. The van der Waals surface area contributed by atoms with Crippen LogP contribution in [0.2, 0.25) is 0 Å². The highest BCUT2D eigenvalue weighted by Gasteiger charge is 2.97. The van der Waals surface area contributed by atoms with E-state index in [2.05, 4.69) is 20.8 Å². The standard InChI is InChI=1S/C20H26O8/c1-7-11-8(25-13(7)22)6-18-10-5-9(17(2,3)4)19(18)12(21)14(23)27-16(19)28-20(11,18)15(24)26-10/h7-13,16,21-22H,5-6H2,1-4H3/t7-,8?,9-,10?,11?,12-,13?,16?,18?,19?,20?/m0/s1. The van der Waals surface area contributed by atoms with E-state index in [1.54, 1.807) is 0 Å². The van der Waals surface area contributed by atoms with Gasteiger partial charge in [0.05, 0.1) is 16.9 Å². The van der Waals surface area contributed by atoms with Gasteiger partial charge in [0.1, 0.15) is 6.10 Å². The van der Waals surface area contributed by atoms with Gasteiger partial charge in [0.2, 0.25) is 6.29 Å². The van der Waals surface area contributed by atoms with Gasteiger partial charge in [-0.2, -0.15) is 0 Å². The summed E-state index contributed by atoms with van der Waals surface area (Å²) in [5.41, 5.74) is -3.63. The van der Waals surface area contributed by atoms with E-state index in [1.807, 2.05) is 6.92 Å². The van der Waals surface area contributed by atoms with Crippen molar-refractivity contribution in [2.24, 2.45) is 34.0 Å². The van der Waals surface area contributed by atoms with E-state index in [4.69, 9.17) is 18.9 Å². The first-order chi connectivity index (χ1) is 13.0. The van der Waals surface area contributed by atoms with E-state index in [9.17, 15) is 19.8 Å². The lowest BCUT2D eigenvalue weighted by Gasteiger charge is -2.46. The zero-order valence-corrected chi connectivity index (χ0v) is 16.4. The van der Waals surface area contributed by atoms with Crippen LogP contribution in [0, 0.1) is 34.0 Å². The molecule has 0 aromatic heterocycles. The molecule has 2 N–H and O–H groups in total. The summed E-state index contributed by atoms with van der Waals surface area (Å²) in [6.07, 6.45) is -3.30. The Morgan fingerprint density at radius 2 is 1.86 bits per heavy atom. The molecule has 8 heteroatoms. The lowest BCUT2D eigenvalue weighted by atomic mass is 9.52. The van der Waals surface area contributed by atoms with Gasteiger partial charge in [-0.3, -0.25) is 0 Å². The minimum absolute atomic E-state index is 0.148. The van der Waals surface area contributed by atoms with Crippen molar-refractivity contribution < 1.29 is 38.7 Å². The second-order valence-electron chi connectivity index (χ2n) is 10.6. The number of hydrogen-bond acceptors (Lipinski definition) is 8. The Bertz CT molecular complexity index is 805. The van der Waals surface area contributed by atoms with Gasteiger partial charge in [-0.25, -0.2) is 9.59 Å². The van der Waals surface area contributed by atoms with Gasteiger partial charge >= 0.3 is 11.9 Å². The maximum absolute atomic E-state index is 13.3. The second-order valence-corrected chi connectivity index (χ2v) is 10.6. The van der Waals surface area contributed by atoms with E-state index in [1.165, 1.54) is 0 Å². The predicted octanol–water partition coefficient (Wildman–Crippen LogP) is 0.337. The highest BCUT2D eigenvalue weighted by molar-refractivity contribution is 5.89. The van der Waals surface area contributed by atoms with Crippen molar-refractivity contribution in [2.45, 2.75) is 77.0 Å². The minimum atomic E-state index is -1.39. The van der Waals surface area contributed by atoms with Gasteiger partial charge in [0.25, 0.3) is 0 Å². The molecule has 28 heavy (non-hydrogen) atoms. The maximum atomic E-state index is 13.3. The fourth-order valence-corrected chi connectivity index (χ4v) is 8.22. The smallest absolute Gasteiger partial charge is 0.340 e. The zero-order chi connectivity index (χ0) is 20.0. The largest absolute Gasteiger partial charge is 0.459 e. The Morgan fingerprint density at radius 1 is 1.14 bits per heavy atom. The Hall–Kier alpha value is -1.22. The summed E-state index contributed by atoms with van der Waals surface area (Å²) in [4.78, 5) is 25.8. The maximum Gasteiger partial charge on any atom is 0.340 e.